The molecule has 6 nitrogen and oxygen atoms in total. The van der Waals surface area contributed by atoms with E-state index < -0.39 is 0 Å². The van der Waals surface area contributed by atoms with E-state index in [0.29, 0.717) is 30.2 Å². The number of fused-ring (bicyclic) bond motifs is 10. The van der Waals surface area contributed by atoms with Crippen LogP contribution in [0.2, 0.25) is 0 Å². The number of aryl methyl sites for hydroxylation is 1. The van der Waals surface area contributed by atoms with Crippen LogP contribution < -0.4 is 5.32 Å². The summed E-state index contributed by atoms with van der Waals surface area (Å²) in [6.45, 7) is 13.6. The molecule has 2 saturated carbocycles. The van der Waals surface area contributed by atoms with E-state index in [-0.39, 0.29) is 47.3 Å². The molecule has 218 valence electrons. The summed E-state index contributed by atoms with van der Waals surface area (Å²) < 4.78 is 0. The number of hydrogen-bond donors (Lipinski definition) is 1. The summed E-state index contributed by atoms with van der Waals surface area (Å²) in [5.74, 6) is 1.02. The van der Waals surface area contributed by atoms with Crippen molar-refractivity contribution in [3.8, 4) is 0 Å². The van der Waals surface area contributed by atoms with E-state index in [0.717, 1.165) is 37.7 Å². The van der Waals surface area contributed by atoms with Crippen molar-refractivity contribution in [1.29, 1.82) is 0 Å². The molecule has 1 aromatic carbocycles. The first kappa shape index (κ1) is 30.4. The second-order valence-electron chi connectivity index (χ2n) is 11.7. The van der Waals surface area contributed by atoms with Gasteiger partial charge in [0.2, 0.25) is 23.6 Å². The second kappa shape index (κ2) is 13.4. The minimum Gasteiger partial charge on any atom is -0.296 e. The molecule has 4 bridgehead atoms. The van der Waals surface area contributed by atoms with Crippen LogP contribution in [0.5, 0.6) is 0 Å². The summed E-state index contributed by atoms with van der Waals surface area (Å²) in [7, 11) is 0. The number of carbonyl (C=O) groups is 4. The van der Waals surface area contributed by atoms with Crippen molar-refractivity contribution in [3.63, 3.8) is 0 Å². The van der Waals surface area contributed by atoms with Gasteiger partial charge in [-0.2, -0.15) is 0 Å². The molecule has 2 heterocycles. The van der Waals surface area contributed by atoms with Gasteiger partial charge < -0.3 is 0 Å². The van der Waals surface area contributed by atoms with Gasteiger partial charge in [0, 0.05) is 0 Å². The Bertz CT molecular complexity index is 1180. The van der Waals surface area contributed by atoms with Crippen LogP contribution in [0, 0.1) is 47.3 Å². The van der Waals surface area contributed by atoms with E-state index in [9.17, 15) is 19.2 Å². The first-order valence-corrected chi connectivity index (χ1v) is 15.2. The fourth-order valence-electron chi connectivity index (χ4n) is 7.08. The number of nitrogens with zero attached hydrogens (tertiary/aromatic N) is 1. The zero-order chi connectivity index (χ0) is 29.7. The Labute approximate surface area is 244 Å². The van der Waals surface area contributed by atoms with Gasteiger partial charge in [-0.05, 0) is 66.9 Å². The van der Waals surface area contributed by atoms with Gasteiger partial charge in [0.25, 0.3) is 0 Å². The lowest BCUT2D eigenvalue weighted by Gasteiger charge is -2.17. The monoisotopic (exact) mass is 556 g/mol. The Kier molecular flexibility index (Phi) is 9.95. The number of rotatable bonds is 5. The average Bonchev–Trinajstić information content (AvgIpc) is 3.85. The summed E-state index contributed by atoms with van der Waals surface area (Å²) in [5.41, 5.74) is 2.30. The van der Waals surface area contributed by atoms with Crippen LogP contribution in [0.25, 0.3) is 0 Å². The maximum Gasteiger partial charge on any atom is 0.234 e. The lowest BCUT2D eigenvalue weighted by molar-refractivity contribution is -0.141. The molecular formula is C35H44N2O4. The number of amides is 4. The van der Waals surface area contributed by atoms with E-state index >= 15 is 0 Å². The highest BCUT2D eigenvalue weighted by Crippen LogP contribution is 2.53. The van der Waals surface area contributed by atoms with Crippen molar-refractivity contribution in [2.75, 3.05) is 0 Å². The van der Waals surface area contributed by atoms with E-state index in [2.05, 4.69) is 75.7 Å². The van der Waals surface area contributed by atoms with Gasteiger partial charge in [-0.1, -0.05) is 81.5 Å². The second-order valence-corrected chi connectivity index (χ2v) is 11.7. The molecular weight excluding hydrogens is 512 g/mol. The Morgan fingerprint density at radius 3 is 1.56 bits per heavy atom. The van der Waals surface area contributed by atoms with Crippen molar-refractivity contribution in [2.45, 2.75) is 59.4 Å². The van der Waals surface area contributed by atoms with Crippen molar-refractivity contribution in [2.24, 2.45) is 47.3 Å². The minimum absolute atomic E-state index is 0.0347. The number of imide groups is 2. The average molecular weight is 557 g/mol. The van der Waals surface area contributed by atoms with Crippen LogP contribution >= 0.6 is 0 Å². The molecule has 1 N–H and O–H groups in total. The first-order chi connectivity index (χ1) is 19.8. The smallest absolute Gasteiger partial charge is 0.234 e. The normalized spacial score (nSPS) is 32.3. The Morgan fingerprint density at radius 2 is 1.15 bits per heavy atom. The number of benzene rings is 1. The summed E-state index contributed by atoms with van der Waals surface area (Å²) in [5, 5.41) is 2.40. The molecule has 1 aromatic rings. The van der Waals surface area contributed by atoms with Crippen LogP contribution in [-0.4, -0.2) is 28.5 Å². The lowest BCUT2D eigenvalue weighted by atomic mass is 9.85. The van der Waals surface area contributed by atoms with E-state index in [1.54, 1.807) is 0 Å². The molecule has 6 heteroatoms. The molecule has 8 atom stereocenters. The van der Waals surface area contributed by atoms with Gasteiger partial charge in [0.15, 0.2) is 0 Å². The van der Waals surface area contributed by atoms with E-state index in [1.807, 2.05) is 24.3 Å². The largest absolute Gasteiger partial charge is 0.296 e. The standard InChI is InChI=1S/C18H19NO2.C9H9NO2.2C4H8/c1-2-11-4-3-5-12(8-11)10-19-17(20)15-13-6-7-14(9-13)16(15)18(19)21;11-8-6-4-1-2-5(3-4)7(6)9(12)10-8;2*1-3-4-2/h3-8,13-16H,2,9-10H2,1H3;1-2,4-7H,3H2,(H,10,11,12);2*3H,1,4H2,2H3. The maximum atomic E-state index is 12.6. The maximum absolute atomic E-state index is 12.6. The molecule has 4 fully saturated rings. The van der Waals surface area contributed by atoms with Gasteiger partial charge in [0.1, 0.15) is 0 Å². The zero-order valence-corrected chi connectivity index (χ0v) is 24.6. The number of likely N-dealkylation sites (tertiary alicyclic amines) is 1. The molecule has 4 aliphatic carbocycles. The fraction of sp³-hybridized carbons (Fsp3) is 0.486. The topological polar surface area (TPSA) is 83.6 Å². The Morgan fingerprint density at radius 1 is 0.732 bits per heavy atom. The predicted molar refractivity (Wildman–Crippen MR) is 161 cm³/mol. The minimum atomic E-state index is -0.0816. The zero-order valence-electron chi connectivity index (χ0n) is 24.6. The molecule has 4 amide bonds. The van der Waals surface area contributed by atoms with Crippen LogP contribution in [-0.2, 0) is 32.1 Å². The Hall–Kier alpha value is -3.54. The summed E-state index contributed by atoms with van der Waals surface area (Å²) in [6, 6.07) is 8.18. The number of allylic oxidation sites excluding steroid dienone is 6. The highest BCUT2D eigenvalue weighted by molar-refractivity contribution is 6.07. The summed E-state index contributed by atoms with van der Waals surface area (Å²) >= 11 is 0. The third-order valence-corrected chi connectivity index (χ3v) is 9.19. The molecule has 41 heavy (non-hydrogen) atoms. The number of carbonyl (C=O) groups excluding carboxylic acids is 4. The van der Waals surface area contributed by atoms with E-state index in [4.69, 9.17) is 0 Å². The van der Waals surface area contributed by atoms with Gasteiger partial charge in [-0.3, -0.25) is 29.4 Å². The third kappa shape index (κ3) is 6.07. The molecule has 2 saturated heterocycles. The summed E-state index contributed by atoms with van der Waals surface area (Å²) in [6.07, 6.45) is 17.3. The van der Waals surface area contributed by atoms with Crippen LogP contribution in [0.4, 0.5) is 0 Å². The molecule has 0 spiro atoms. The number of hydrogen-bond acceptors (Lipinski definition) is 4. The third-order valence-electron chi connectivity index (χ3n) is 9.19. The van der Waals surface area contributed by atoms with E-state index in [1.165, 1.54) is 10.5 Å². The molecule has 2 aliphatic heterocycles. The predicted octanol–water partition coefficient (Wildman–Crippen LogP) is 5.80. The van der Waals surface area contributed by atoms with Crippen molar-refractivity contribution in [1.82, 2.24) is 10.2 Å². The van der Waals surface area contributed by atoms with Crippen molar-refractivity contribution >= 4 is 23.6 Å². The molecule has 0 radical (unpaired) electrons. The highest BCUT2D eigenvalue weighted by atomic mass is 16.2. The molecule has 8 unspecified atom stereocenters. The summed E-state index contributed by atoms with van der Waals surface area (Å²) in [4.78, 5) is 49.3. The van der Waals surface area contributed by atoms with Crippen molar-refractivity contribution in [3.05, 3.63) is 85.0 Å². The quantitative estimate of drug-likeness (QED) is 0.367. The van der Waals surface area contributed by atoms with Gasteiger partial charge in [-0.25, -0.2) is 0 Å². The number of nitrogens with one attached hydrogen (secondary N) is 1. The molecule has 0 aromatic heterocycles. The highest BCUT2D eigenvalue weighted by Gasteiger charge is 2.59. The van der Waals surface area contributed by atoms with Gasteiger partial charge >= 0.3 is 0 Å². The van der Waals surface area contributed by atoms with Crippen LogP contribution in [0.1, 0.15) is 57.6 Å². The van der Waals surface area contributed by atoms with Crippen LogP contribution in [0.3, 0.4) is 0 Å². The molecule has 7 rings (SSSR count). The van der Waals surface area contributed by atoms with Crippen molar-refractivity contribution < 1.29 is 19.2 Å². The van der Waals surface area contributed by atoms with Gasteiger partial charge in [0.05, 0.1) is 30.2 Å². The Balaban J connectivity index is 0.000000162. The van der Waals surface area contributed by atoms with Crippen LogP contribution in [0.15, 0.2) is 73.9 Å². The first-order valence-electron chi connectivity index (χ1n) is 15.2. The van der Waals surface area contributed by atoms with Gasteiger partial charge in [-0.15, -0.1) is 13.2 Å². The molecule has 6 aliphatic rings. The lowest BCUT2D eigenvalue weighted by Crippen LogP contribution is -2.32. The SMILES string of the molecule is C=CCC.C=CCC.CCc1cccc(CN2C(=O)C3C4C=CC(C4)C3C2=O)c1.O=C1NC(=O)C2C3C=CC(C3)C12. The fourth-order valence-corrected chi connectivity index (χ4v) is 7.08.